The number of carbonyl (C=O) groups is 1. The summed E-state index contributed by atoms with van der Waals surface area (Å²) in [6.45, 7) is 4.28. The molecule has 0 amide bonds. The van der Waals surface area contributed by atoms with Gasteiger partial charge in [-0.25, -0.2) is 13.2 Å². The molecule has 8 heteroatoms. The van der Waals surface area contributed by atoms with Crippen LogP contribution >= 0.6 is 0 Å². The fourth-order valence-corrected chi connectivity index (χ4v) is 2.45. The number of hydrogen-bond acceptors (Lipinski definition) is 6. The average Bonchev–Trinajstić information content (AvgIpc) is 2.43. The third kappa shape index (κ3) is 9.32. The molecule has 0 saturated carbocycles. The van der Waals surface area contributed by atoms with Crippen LogP contribution in [0.15, 0.2) is 29.2 Å². The summed E-state index contributed by atoms with van der Waals surface area (Å²) in [5.74, 6) is -0.242. The topological polar surface area (TPSA) is 92.7 Å². The second-order valence-electron chi connectivity index (χ2n) is 5.43. The first-order valence-corrected chi connectivity index (χ1v) is 8.64. The molecule has 0 saturated heterocycles. The van der Waals surface area contributed by atoms with E-state index in [2.05, 4.69) is 18.7 Å². The van der Waals surface area contributed by atoms with Gasteiger partial charge in [-0.3, -0.25) is 9.78 Å². The molecule has 0 fully saturated rings. The van der Waals surface area contributed by atoms with Gasteiger partial charge in [-0.2, -0.15) is 0 Å². The molecule has 6 nitrogen and oxygen atoms in total. The Morgan fingerprint density at radius 1 is 1.17 bits per heavy atom. The van der Waals surface area contributed by atoms with Gasteiger partial charge in [-0.1, -0.05) is 45.2 Å². The molecule has 0 aliphatic rings. The molecular weight excluding hydrogens is 331 g/mol. The van der Waals surface area contributed by atoms with Gasteiger partial charge in [0, 0.05) is 0 Å². The fraction of sp³-hybridized carbons (Fsp3) is 0.533. The molecule has 1 aromatic carbocycles. The summed E-state index contributed by atoms with van der Waals surface area (Å²) in [7, 11) is -4.68. The number of para-hydroxylation sites is 1. The van der Waals surface area contributed by atoms with E-state index in [9.17, 15) is 17.8 Å². The fourth-order valence-electron chi connectivity index (χ4n) is 1.86. The zero-order valence-corrected chi connectivity index (χ0v) is 16.6. The van der Waals surface area contributed by atoms with Crippen molar-refractivity contribution in [3.8, 4) is 5.75 Å². The van der Waals surface area contributed by atoms with E-state index in [1.807, 2.05) is 0 Å². The zero-order valence-electron chi connectivity index (χ0n) is 13.8. The summed E-state index contributed by atoms with van der Waals surface area (Å²) in [6.07, 6.45) is 3.93. The minimum Gasteiger partial charge on any atom is -0.744 e. The first-order valence-electron chi connectivity index (χ1n) is 7.23. The second-order valence-corrected chi connectivity index (χ2v) is 6.78. The molecule has 0 aliphatic carbocycles. The Bertz CT molecular complexity index is 585. The van der Waals surface area contributed by atoms with Crippen LogP contribution in [0, 0.1) is 5.92 Å². The molecule has 0 bridgehead atoms. The maximum atomic E-state index is 11.5. The molecule has 1 aromatic rings. The van der Waals surface area contributed by atoms with Crippen molar-refractivity contribution < 1.29 is 57.1 Å². The van der Waals surface area contributed by atoms with E-state index in [-0.39, 0.29) is 41.7 Å². The van der Waals surface area contributed by atoms with Gasteiger partial charge >= 0.3 is 35.5 Å². The van der Waals surface area contributed by atoms with E-state index in [1.54, 1.807) is 0 Å². The van der Waals surface area contributed by atoms with Crippen LogP contribution in [0.2, 0.25) is 0 Å². The first-order chi connectivity index (χ1) is 10.3. The number of carbonyl (C=O) groups excluding carboxylic acids is 1. The first kappa shape index (κ1) is 22.4. The maximum absolute atomic E-state index is 11.5. The molecule has 1 rings (SSSR count). The quantitative estimate of drug-likeness (QED) is 0.205. The van der Waals surface area contributed by atoms with E-state index in [1.165, 1.54) is 18.2 Å². The number of rotatable bonds is 9. The minimum absolute atomic E-state index is 0. The summed E-state index contributed by atoms with van der Waals surface area (Å²) in [5.41, 5.74) is 0. The Labute approximate surface area is 159 Å². The smallest absolute Gasteiger partial charge is 0.744 e. The van der Waals surface area contributed by atoms with Crippen LogP contribution in [0.4, 0.5) is 0 Å². The molecule has 0 aliphatic heterocycles. The van der Waals surface area contributed by atoms with Crippen LogP contribution in [-0.4, -0.2) is 18.9 Å². The van der Waals surface area contributed by atoms with Gasteiger partial charge in [0.1, 0.15) is 15.0 Å². The van der Waals surface area contributed by atoms with Gasteiger partial charge in [0.05, 0.1) is 6.42 Å². The van der Waals surface area contributed by atoms with Gasteiger partial charge < -0.3 is 4.55 Å². The summed E-state index contributed by atoms with van der Waals surface area (Å²) in [5, 5.41) is 0. The van der Waals surface area contributed by atoms with Crippen LogP contribution in [-0.2, 0) is 19.8 Å². The molecule has 0 heterocycles. The molecule has 23 heavy (non-hydrogen) atoms. The third-order valence-corrected chi connectivity index (χ3v) is 3.88. The summed E-state index contributed by atoms with van der Waals surface area (Å²) in [4.78, 5) is 20.2. The van der Waals surface area contributed by atoms with E-state index in [0.29, 0.717) is 12.3 Å². The molecule has 0 radical (unpaired) electrons. The van der Waals surface area contributed by atoms with Gasteiger partial charge in [0.25, 0.3) is 0 Å². The van der Waals surface area contributed by atoms with Crippen molar-refractivity contribution in [2.75, 3.05) is 0 Å². The predicted molar refractivity (Wildman–Crippen MR) is 79.0 cm³/mol. The van der Waals surface area contributed by atoms with Crippen LogP contribution in [0.3, 0.4) is 0 Å². The van der Waals surface area contributed by atoms with Crippen molar-refractivity contribution in [2.24, 2.45) is 5.92 Å². The molecule has 0 spiro atoms. The van der Waals surface area contributed by atoms with Crippen LogP contribution in [0.5, 0.6) is 5.75 Å². The Morgan fingerprint density at radius 2 is 1.83 bits per heavy atom. The van der Waals surface area contributed by atoms with Gasteiger partial charge in [-0.05, 0) is 24.5 Å². The normalized spacial score (nSPS) is 11.0. The molecule has 124 valence electrons. The molecule has 0 aromatic heterocycles. The monoisotopic (exact) mass is 352 g/mol. The van der Waals surface area contributed by atoms with Crippen LogP contribution in [0.25, 0.3) is 0 Å². The van der Waals surface area contributed by atoms with E-state index in [4.69, 9.17) is 4.89 Å². The van der Waals surface area contributed by atoms with Crippen molar-refractivity contribution in [3.63, 3.8) is 0 Å². The molecular formula is C15H21NaO6S. The van der Waals surface area contributed by atoms with Gasteiger partial charge in [-0.15, -0.1) is 0 Å². The third-order valence-electron chi connectivity index (χ3n) is 3.01. The van der Waals surface area contributed by atoms with Crippen molar-refractivity contribution in [2.45, 2.75) is 50.8 Å². The van der Waals surface area contributed by atoms with E-state index >= 15 is 0 Å². The standard InChI is InChI=1S/C15H22O6S.Na/c1-12(2)8-4-3-5-11-15(16)21-20-13-9-6-7-10-14(13)22(17,18)19;/h6-7,9-10,12H,3-5,8,11H2,1-2H3,(H,17,18,19);/q;+1/p-1. The summed E-state index contributed by atoms with van der Waals surface area (Å²) in [6, 6.07) is 5.20. The van der Waals surface area contributed by atoms with Gasteiger partial charge in [0.15, 0.2) is 5.75 Å². The Morgan fingerprint density at radius 3 is 2.43 bits per heavy atom. The molecule has 0 unspecified atom stereocenters. The summed E-state index contributed by atoms with van der Waals surface area (Å²) < 4.78 is 33.1. The number of benzene rings is 1. The SMILES string of the molecule is CC(C)CCCCCC(=O)OOc1ccccc1S(=O)(=O)[O-].[Na+]. The van der Waals surface area contributed by atoms with E-state index in [0.717, 1.165) is 25.3 Å². The van der Waals surface area contributed by atoms with Crippen LogP contribution < -0.4 is 34.4 Å². The van der Waals surface area contributed by atoms with Crippen molar-refractivity contribution in [1.82, 2.24) is 0 Å². The minimum atomic E-state index is -4.68. The maximum Gasteiger partial charge on any atom is 1.00 e. The molecule has 0 N–H and O–H groups in total. The largest absolute Gasteiger partial charge is 1.00 e. The van der Waals surface area contributed by atoms with Crippen LogP contribution in [0.1, 0.15) is 46.0 Å². The van der Waals surface area contributed by atoms with Crippen molar-refractivity contribution >= 4 is 16.1 Å². The second kappa shape index (κ2) is 11.0. The zero-order chi connectivity index (χ0) is 16.6. The summed E-state index contributed by atoms with van der Waals surface area (Å²) >= 11 is 0. The predicted octanol–water partition coefficient (Wildman–Crippen LogP) is 0.0382. The molecule has 0 atom stereocenters. The van der Waals surface area contributed by atoms with E-state index < -0.39 is 21.0 Å². The number of hydrogen-bond donors (Lipinski definition) is 0. The van der Waals surface area contributed by atoms with Gasteiger partial charge in [0.2, 0.25) is 0 Å². The Hall–Kier alpha value is -0.600. The Kier molecular flexibility index (Phi) is 10.8. The van der Waals surface area contributed by atoms with Crippen molar-refractivity contribution in [1.29, 1.82) is 0 Å². The van der Waals surface area contributed by atoms with Crippen molar-refractivity contribution in [3.05, 3.63) is 24.3 Å². The average molecular weight is 352 g/mol. The number of unbranched alkanes of at least 4 members (excludes halogenated alkanes) is 2. The Balaban J connectivity index is 0.00000484.